The van der Waals surface area contributed by atoms with Crippen molar-refractivity contribution in [2.45, 2.75) is 18.2 Å². The maximum Gasteiger partial charge on any atom is 0.270 e. The number of nitro groups is 1. The Hall–Kier alpha value is -1.20. The highest BCUT2D eigenvalue weighted by molar-refractivity contribution is 9.10. The highest BCUT2D eigenvalue weighted by Gasteiger charge is 2.18. The van der Waals surface area contributed by atoms with Gasteiger partial charge in [0.15, 0.2) is 0 Å². The Morgan fingerprint density at radius 2 is 1.86 bits per heavy atom. The van der Waals surface area contributed by atoms with E-state index in [-0.39, 0.29) is 15.4 Å². The van der Waals surface area contributed by atoms with E-state index in [0.717, 1.165) is 16.5 Å². The molecule has 0 saturated carbocycles. The Morgan fingerprint density at radius 3 is 2.43 bits per heavy atom. The van der Waals surface area contributed by atoms with Crippen molar-refractivity contribution in [3.8, 4) is 0 Å². The molecule has 0 fully saturated rings. The van der Waals surface area contributed by atoms with Crippen molar-refractivity contribution >= 4 is 37.5 Å². The van der Waals surface area contributed by atoms with Gasteiger partial charge in [0.1, 0.15) is 0 Å². The molecule has 0 aliphatic carbocycles. The Balaban J connectivity index is 2.12. The van der Waals surface area contributed by atoms with Gasteiger partial charge in [-0.05, 0) is 23.5 Å². The summed E-state index contributed by atoms with van der Waals surface area (Å²) in [6, 6.07) is 15.2. The molecule has 110 valence electrons. The molecule has 0 saturated heterocycles. The summed E-state index contributed by atoms with van der Waals surface area (Å²) < 4.78 is 0.788. The van der Waals surface area contributed by atoms with Crippen molar-refractivity contribution in [2.24, 2.45) is 5.92 Å². The average molecular weight is 413 g/mol. The molecule has 0 amide bonds. The van der Waals surface area contributed by atoms with Gasteiger partial charge in [-0.25, -0.2) is 0 Å². The molecule has 2 unspecified atom stereocenters. The van der Waals surface area contributed by atoms with Gasteiger partial charge in [0.2, 0.25) is 0 Å². The molecule has 0 spiro atoms. The summed E-state index contributed by atoms with van der Waals surface area (Å²) in [5, 5.41) is 10.8. The topological polar surface area (TPSA) is 43.1 Å². The molecule has 0 heterocycles. The van der Waals surface area contributed by atoms with Crippen molar-refractivity contribution in [3.63, 3.8) is 0 Å². The minimum atomic E-state index is -0.380. The lowest BCUT2D eigenvalue weighted by atomic mass is 9.94. The number of rotatable bonds is 5. The van der Waals surface area contributed by atoms with Crippen LogP contribution in [0.15, 0.2) is 53.0 Å². The van der Waals surface area contributed by atoms with Crippen LogP contribution in [0.5, 0.6) is 0 Å². The van der Waals surface area contributed by atoms with E-state index in [1.54, 1.807) is 12.1 Å². The number of non-ortho nitro benzene ring substituents is 1. The predicted octanol–water partition coefficient (Wildman–Crippen LogP) is 5.67. The molecule has 0 N–H and O–H groups in total. The first-order valence-corrected chi connectivity index (χ1v) is 8.31. The number of halogens is 2. The Kier molecular flexibility index (Phi) is 5.53. The van der Waals surface area contributed by atoms with Gasteiger partial charge in [-0.2, -0.15) is 0 Å². The molecule has 3 nitrogen and oxygen atoms in total. The number of hydrogen-bond donors (Lipinski definition) is 0. The van der Waals surface area contributed by atoms with Crippen molar-refractivity contribution in [2.75, 3.05) is 0 Å². The van der Waals surface area contributed by atoms with E-state index in [1.807, 2.05) is 24.3 Å². The molecule has 21 heavy (non-hydrogen) atoms. The first-order valence-electron chi connectivity index (χ1n) is 6.61. The van der Waals surface area contributed by atoms with Crippen molar-refractivity contribution in [1.82, 2.24) is 0 Å². The molecule has 5 heteroatoms. The molecular weight excluding hydrogens is 398 g/mol. The lowest BCUT2D eigenvalue weighted by Crippen LogP contribution is -2.07. The SMILES string of the molecule is CC(Cc1ccc([N+](=O)[O-])cc1Br)C(Br)c1ccccc1. The standard InChI is InChI=1S/C16H15Br2NO2/c1-11(16(18)12-5-3-2-4-6-12)9-13-7-8-14(19(20)21)10-15(13)17/h2-8,10-11,16H,9H2,1H3. The van der Waals surface area contributed by atoms with Gasteiger partial charge in [0, 0.05) is 21.4 Å². The van der Waals surface area contributed by atoms with Crippen LogP contribution >= 0.6 is 31.9 Å². The Bertz CT molecular complexity index is 631. The van der Waals surface area contributed by atoms with Crippen LogP contribution < -0.4 is 0 Å². The van der Waals surface area contributed by atoms with Crippen molar-refractivity contribution < 1.29 is 4.92 Å². The lowest BCUT2D eigenvalue weighted by molar-refractivity contribution is -0.384. The minimum Gasteiger partial charge on any atom is -0.258 e. The third kappa shape index (κ3) is 4.14. The minimum absolute atomic E-state index is 0.108. The first kappa shape index (κ1) is 16.2. The summed E-state index contributed by atoms with van der Waals surface area (Å²) in [4.78, 5) is 10.6. The summed E-state index contributed by atoms with van der Waals surface area (Å²) >= 11 is 7.18. The van der Waals surface area contributed by atoms with Gasteiger partial charge in [-0.15, -0.1) is 0 Å². The number of alkyl halides is 1. The van der Waals surface area contributed by atoms with Gasteiger partial charge in [-0.1, -0.05) is 75.2 Å². The molecule has 2 rings (SSSR count). The second-order valence-electron chi connectivity index (χ2n) is 5.03. The van der Waals surface area contributed by atoms with Crippen LogP contribution in [0, 0.1) is 16.0 Å². The van der Waals surface area contributed by atoms with Crippen LogP contribution in [-0.2, 0) is 6.42 Å². The van der Waals surface area contributed by atoms with Crippen molar-refractivity contribution in [3.05, 3.63) is 74.2 Å². The van der Waals surface area contributed by atoms with Crippen LogP contribution in [-0.4, -0.2) is 4.92 Å². The fourth-order valence-corrected chi connectivity index (χ4v) is 3.25. The number of nitro benzene ring substituents is 1. The number of nitrogens with zero attached hydrogens (tertiary/aromatic N) is 1. The number of hydrogen-bond acceptors (Lipinski definition) is 2. The fraction of sp³-hybridized carbons (Fsp3) is 0.250. The second-order valence-corrected chi connectivity index (χ2v) is 6.87. The zero-order valence-corrected chi connectivity index (χ0v) is 14.7. The third-order valence-electron chi connectivity index (χ3n) is 3.41. The van der Waals surface area contributed by atoms with Crippen LogP contribution in [0.1, 0.15) is 22.9 Å². The van der Waals surface area contributed by atoms with E-state index in [0.29, 0.717) is 5.92 Å². The molecular formula is C16H15Br2NO2. The largest absolute Gasteiger partial charge is 0.270 e. The monoisotopic (exact) mass is 411 g/mol. The van der Waals surface area contributed by atoms with Crippen LogP contribution in [0.2, 0.25) is 0 Å². The fourth-order valence-electron chi connectivity index (χ4n) is 2.23. The lowest BCUT2D eigenvalue weighted by Gasteiger charge is -2.19. The highest BCUT2D eigenvalue weighted by atomic mass is 79.9. The maximum absolute atomic E-state index is 10.8. The Morgan fingerprint density at radius 1 is 1.19 bits per heavy atom. The van der Waals surface area contributed by atoms with E-state index >= 15 is 0 Å². The quantitative estimate of drug-likeness (QED) is 0.360. The molecule has 0 aromatic heterocycles. The van der Waals surface area contributed by atoms with Crippen molar-refractivity contribution in [1.29, 1.82) is 0 Å². The normalized spacial score (nSPS) is 13.7. The summed E-state index contributed by atoms with van der Waals surface area (Å²) in [6.07, 6.45) is 0.837. The van der Waals surface area contributed by atoms with Crippen LogP contribution in [0.3, 0.4) is 0 Å². The van der Waals surface area contributed by atoms with Gasteiger partial charge in [-0.3, -0.25) is 10.1 Å². The smallest absolute Gasteiger partial charge is 0.258 e. The summed E-state index contributed by atoms with van der Waals surface area (Å²) in [5.74, 6) is 0.366. The zero-order valence-electron chi connectivity index (χ0n) is 11.5. The van der Waals surface area contributed by atoms with E-state index in [1.165, 1.54) is 5.56 Å². The molecule has 0 radical (unpaired) electrons. The highest BCUT2D eigenvalue weighted by Crippen LogP contribution is 2.34. The Labute approximate surface area is 140 Å². The van der Waals surface area contributed by atoms with E-state index in [9.17, 15) is 10.1 Å². The number of benzene rings is 2. The first-order chi connectivity index (χ1) is 9.99. The van der Waals surface area contributed by atoms with Gasteiger partial charge < -0.3 is 0 Å². The van der Waals surface area contributed by atoms with E-state index in [2.05, 4.69) is 50.9 Å². The summed E-state index contributed by atoms with van der Waals surface area (Å²) in [7, 11) is 0. The molecule has 2 aromatic rings. The van der Waals surface area contributed by atoms with Crippen LogP contribution in [0.25, 0.3) is 0 Å². The average Bonchev–Trinajstić information content (AvgIpc) is 2.49. The predicted molar refractivity (Wildman–Crippen MR) is 91.8 cm³/mol. The van der Waals surface area contributed by atoms with Crippen LogP contribution in [0.4, 0.5) is 5.69 Å². The maximum atomic E-state index is 10.8. The molecule has 0 bridgehead atoms. The molecule has 2 atom stereocenters. The van der Waals surface area contributed by atoms with Gasteiger partial charge in [0.25, 0.3) is 5.69 Å². The van der Waals surface area contributed by atoms with E-state index < -0.39 is 0 Å². The van der Waals surface area contributed by atoms with Gasteiger partial charge >= 0.3 is 0 Å². The zero-order chi connectivity index (χ0) is 15.4. The second kappa shape index (κ2) is 7.18. The summed E-state index contributed by atoms with van der Waals surface area (Å²) in [5.41, 5.74) is 2.42. The molecule has 2 aromatic carbocycles. The molecule has 0 aliphatic rings. The van der Waals surface area contributed by atoms with E-state index in [4.69, 9.17) is 0 Å². The third-order valence-corrected chi connectivity index (χ3v) is 5.58. The summed E-state index contributed by atoms with van der Waals surface area (Å²) in [6.45, 7) is 2.17. The van der Waals surface area contributed by atoms with Gasteiger partial charge in [0.05, 0.1) is 4.92 Å². The molecule has 0 aliphatic heterocycles.